The summed E-state index contributed by atoms with van der Waals surface area (Å²) in [6, 6.07) is 20.0. The molecule has 0 atom stereocenters. The molecule has 5 rings (SSSR count). The summed E-state index contributed by atoms with van der Waals surface area (Å²) in [5, 5.41) is 0. The number of carbonyl (C=O) groups is 1. The third-order valence-electron chi connectivity index (χ3n) is 5.27. The molecule has 0 fully saturated rings. The molecule has 1 aliphatic rings. The van der Waals surface area contributed by atoms with Crippen LogP contribution in [-0.2, 0) is 6.54 Å². The fourth-order valence-electron chi connectivity index (χ4n) is 3.70. The maximum Gasteiger partial charge on any atom is 0.258 e. The van der Waals surface area contributed by atoms with Crippen molar-refractivity contribution in [2.45, 2.75) is 13.5 Å². The number of hydrogen-bond acceptors (Lipinski definition) is 3. The number of fused-ring (bicyclic) bond motifs is 2. The Balaban J connectivity index is 1.46. The highest BCUT2D eigenvalue weighted by molar-refractivity contribution is 5.98. The number of nitrogens with zero attached hydrogens (tertiary/aromatic N) is 3. The first-order valence-corrected chi connectivity index (χ1v) is 9.73. The molecule has 2 aromatic heterocycles. The lowest BCUT2D eigenvalue weighted by atomic mass is 10.0. The van der Waals surface area contributed by atoms with Gasteiger partial charge in [0.2, 0.25) is 0 Å². The van der Waals surface area contributed by atoms with Crippen LogP contribution in [0.25, 0.3) is 16.8 Å². The van der Waals surface area contributed by atoms with Crippen LogP contribution >= 0.6 is 0 Å². The third kappa shape index (κ3) is 3.36. The van der Waals surface area contributed by atoms with Crippen molar-refractivity contribution in [3.8, 4) is 16.9 Å². The zero-order valence-corrected chi connectivity index (χ0v) is 16.2. The first-order chi connectivity index (χ1) is 14.2. The summed E-state index contributed by atoms with van der Waals surface area (Å²) >= 11 is 0. The van der Waals surface area contributed by atoms with Gasteiger partial charge < -0.3 is 14.0 Å². The van der Waals surface area contributed by atoms with Gasteiger partial charge in [-0.2, -0.15) is 0 Å². The Kier molecular flexibility index (Phi) is 4.28. The SMILES string of the molecule is Cc1ccc(-c2ccc3c(c2)C(=O)N(Cc2cn4ccccc4n2)CCO3)cc1. The number of amides is 1. The van der Waals surface area contributed by atoms with Crippen LogP contribution in [0.4, 0.5) is 0 Å². The molecule has 1 aliphatic heterocycles. The Labute approximate surface area is 169 Å². The predicted molar refractivity (Wildman–Crippen MR) is 112 cm³/mol. The lowest BCUT2D eigenvalue weighted by Crippen LogP contribution is -2.32. The first-order valence-electron chi connectivity index (χ1n) is 9.73. The molecular weight excluding hydrogens is 362 g/mol. The van der Waals surface area contributed by atoms with Crippen LogP contribution in [0.1, 0.15) is 21.6 Å². The van der Waals surface area contributed by atoms with Gasteiger partial charge in [-0.05, 0) is 42.3 Å². The van der Waals surface area contributed by atoms with Crippen molar-refractivity contribution in [3.63, 3.8) is 0 Å². The fourth-order valence-corrected chi connectivity index (χ4v) is 3.70. The van der Waals surface area contributed by atoms with Gasteiger partial charge in [-0.25, -0.2) is 4.98 Å². The summed E-state index contributed by atoms with van der Waals surface area (Å²) in [5.41, 5.74) is 5.65. The van der Waals surface area contributed by atoms with E-state index in [4.69, 9.17) is 4.74 Å². The molecule has 0 saturated carbocycles. The average molecular weight is 383 g/mol. The molecule has 0 saturated heterocycles. The van der Waals surface area contributed by atoms with Crippen molar-refractivity contribution in [3.05, 3.63) is 89.9 Å². The highest BCUT2D eigenvalue weighted by Crippen LogP contribution is 2.30. The van der Waals surface area contributed by atoms with Crippen molar-refractivity contribution in [2.75, 3.05) is 13.2 Å². The molecule has 5 heteroatoms. The Morgan fingerprint density at radius 1 is 1.03 bits per heavy atom. The molecule has 0 unspecified atom stereocenters. The van der Waals surface area contributed by atoms with E-state index in [-0.39, 0.29) is 5.91 Å². The van der Waals surface area contributed by atoms with Gasteiger partial charge in [0.05, 0.1) is 24.3 Å². The minimum Gasteiger partial charge on any atom is -0.491 e. The van der Waals surface area contributed by atoms with E-state index in [0.717, 1.165) is 22.5 Å². The lowest BCUT2D eigenvalue weighted by molar-refractivity contribution is 0.0741. The van der Waals surface area contributed by atoms with Crippen LogP contribution in [0.3, 0.4) is 0 Å². The molecule has 0 spiro atoms. The quantitative estimate of drug-likeness (QED) is 0.529. The maximum atomic E-state index is 13.3. The Morgan fingerprint density at radius 2 is 1.86 bits per heavy atom. The molecule has 0 N–H and O–H groups in total. The molecule has 144 valence electrons. The normalized spacial score (nSPS) is 13.8. The lowest BCUT2D eigenvalue weighted by Gasteiger charge is -2.18. The molecule has 29 heavy (non-hydrogen) atoms. The number of aromatic nitrogens is 2. The van der Waals surface area contributed by atoms with Gasteiger partial charge in [-0.15, -0.1) is 0 Å². The summed E-state index contributed by atoms with van der Waals surface area (Å²) in [5.74, 6) is 0.617. The van der Waals surface area contributed by atoms with Gasteiger partial charge in [0.15, 0.2) is 0 Å². The van der Waals surface area contributed by atoms with Crippen LogP contribution in [0, 0.1) is 6.92 Å². The second-order valence-electron chi connectivity index (χ2n) is 7.35. The largest absolute Gasteiger partial charge is 0.491 e. The molecule has 0 aliphatic carbocycles. The van der Waals surface area contributed by atoms with Gasteiger partial charge in [0, 0.05) is 12.4 Å². The summed E-state index contributed by atoms with van der Waals surface area (Å²) < 4.78 is 7.84. The highest BCUT2D eigenvalue weighted by atomic mass is 16.5. The van der Waals surface area contributed by atoms with Crippen molar-refractivity contribution >= 4 is 11.6 Å². The molecule has 0 bridgehead atoms. The zero-order valence-electron chi connectivity index (χ0n) is 16.2. The van der Waals surface area contributed by atoms with Gasteiger partial charge in [0.1, 0.15) is 18.0 Å². The number of ether oxygens (including phenoxy) is 1. The summed E-state index contributed by atoms with van der Waals surface area (Å²) in [4.78, 5) is 19.7. The molecule has 1 amide bonds. The second-order valence-corrected chi connectivity index (χ2v) is 7.35. The van der Waals surface area contributed by atoms with Crippen LogP contribution in [0.5, 0.6) is 5.75 Å². The molecule has 0 radical (unpaired) electrons. The smallest absolute Gasteiger partial charge is 0.258 e. The summed E-state index contributed by atoms with van der Waals surface area (Å²) in [6.07, 6.45) is 3.93. The predicted octanol–water partition coefficient (Wildman–Crippen LogP) is 4.34. The molecule has 2 aromatic carbocycles. The van der Waals surface area contributed by atoms with Crippen molar-refractivity contribution in [2.24, 2.45) is 0 Å². The molecule has 5 nitrogen and oxygen atoms in total. The Hall–Kier alpha value is -3.60. The number of imidazole rings is 1. The van der Waals surface area contributed by atoms with E-state index in [1.165, 1.54) is 5.56 Å². The number of benzene rings is 2. The van der Waals surface area contributed by atoms with Crippen LogP contribution in [0.15, 0.2) is 73.1 Å². The minimum absolute atomic E-state index is 0.0245. The van der Waals surface area contributed by atoms with Crippen molar-refractivity contribution < 1.29 is 9.53 Å². The Bertz CT molecular complexity index is 1160. The standard InChI is InChI=1S/C24H21N3O2/c1-17-5-7-18(8-6-17)19-9-10-22-21(14-19)24(28)27(12-13-29-22)16-20-15-26-11-3-2-4-23(26)25-20/h2-11,14-15H,12-13,16H2,1H3. The van der Waals surface area contributed by atoms with E-state index in [0.29, 0.717) is 31.0 Å². The molecule has 3 heterocycles. The van der Waals surface area contributed by atoms with Gasteiger partial charge in [-0.1, -0.05) is 42.0 Å². The number of aryl methyl sites for hydroxylation is 1. The van der Waals surface area contributed by atoms with Gasteiger partial charge in [-0.3, -0.25) is 4.79 Å². The van der Waals surface area contributed by atoms with E-state index < -0.39 is 0 Å². The van der Waals surface area contributed by atoms with E-state index in [2.05, 4.69) is 36.2 Å². The average Bonchev–Trinajstić information content (AvgIpc) is 3.09. The zero-order chi connectivity index (χ0) is 19.8. The second kappa shape index (κ2) is 7.09. The summed E-state index contributed by atoms with van der Waals surface area (Å²) in [7, 11) is 0. The summed E-state index contributed by atoms with van der Waals surface area (Å²) in [6.45, 7) is 3.52. The minimum atomic E-state index is -0.0245. The van der Waals surface area contributed by atoms with Crippen molar-refractivity contribution in [1.82, 2.24) is 14.3 Å². The van der Waals surface area contributed by atoms with E-state index in [1.54, 1.807) is 0 Å². The number of carbonyl (C=O) groups excluding carboxylic acids is 1. The van der Waals surface area contributed by atoms with Crippen LogP contribution in [0.2, 0.25) is 0 Å². The maximum absolute atomic E-state index is 13.3. The fraction of sp³-hybridized carbons (Fsp3) is 0.167. The van der Waals surface area contributed by atoms with Gasteiger partial charge >= 0.3 is 0 Å². The number of pyridine rings is 1. The van der Waals surface area contributed by atoms with E-state index >= 15 is 0 Å². The third-order valence-corrected chi connectivity index (χ3v) is 5.27. The number of hydrogen-bond donors (Lipinski definition) is 0. The van der Waals surface area contributed by atoms with E-state index in [9.17, 15) is 4.79 Å². The van der Waals surface area contributed by atoms with Crippen LogP contribution in [-0.4, -0.2) is 33.3 Å². The molecular formula is C24H21N3O2. The Morgan fingerprint density at radius 3 is 2.69 bits per heavy atom. The topological polar surface area (TPSA) is 46.8 Å². The van der Waals surface area contributed by atoms with Crippen molar-refractivity contribution in [1.29, 1.82) is 0 Å². The monoisotopic (exact) mass is 383 g/mol. The number of rotatable bonds is 3. The first kappa shape index (κ1) is 17.5. The van der Waals surface area contributed by atoms with Crippen LogP contribution < -0.4 is 4.74 Å². The van der Waals surface area contributed by atoms with Gasteiger partial charge in [0.25, 0.3) is 5.91 Å². The highest BCUT2D eigenvalue weighted by Gasteiger charge is 2.25. The molecule has 4 aromatic rings. The van der Waals surface area contributed by atoms with E-state index in [1.807, 2.05) is 58.1 Å².